The van der Waals surface area contributed by atoms with Gasteiger partial charge in [0.2, 0.25) is 0 Å². The van der Waals surface area contributed by atoms with Crippen LogP contribution in [0.25, 0.3) is 0 Å². The average molecular weight is 199 g/mol. The number of rotatable bonds is 5. The van der Waals surface area contributed by atoms with E-state index < -0.39 is 6.10 Å². The van der Waals surface area contributed by atoms with Gasteiger partial charge in [0.25, 0.3) is 0 Å². The molecule has 2 unspecified atom stereocenters. The summed E-state index contributed by atoms with van der Waals surface area (Å²) in [6, 6.07) is -0.219. The van der Waals surface area contributed by atoms with Gasteiger partial charge in [-0.2, -0.15) is 0 Å². The summed E-state index contributed by atoms with van der Waals surface area (Å²) in [7, 11) is 0. The Morgan fingerprint density at radius 1 is 1.36 bits per heavy atom. The number of nitrogens with two attached hydrogens (primary N) is 1. The monoisotopic (exact) mass is 199 g/mol. The van der Waals surface area contributed by atoms with Gasteiger partial charge in [-0.05, 0) is 12.3 Å². The van der Waals surface area contributed by atoms with Crippen molar-refractivity contribution in [3.8, 4) is 0 Å². The van der Waals surface area contributed by atoms with Crippen molar-refractivity contribution in [3.05, 3.63) is 0 Å². The fourth-order valence-electron chi connectivity index (χ4n) is 2.24. The van der Waals surface area contributed by atoms with Crippen molar-refractivity contribution >= 4 is 6.29 Å². The molecule has 0 aliphatic heterocycles. The molecular weight excluding hydrogens is 178 g/mol. The smallest absolute Gasteiger partial charge is 0.122 e. The molecule has 2 atom stereocenters. The first kappa shape index (κ1) is 11.7. The van der Waals surface area contributed by atoms with Gasteiger partial charge in [-0.1, -0.05) is 32.1 Å². The SMILES string of the molecule is NC(CC1CCCCC1)C(O)CC=O. The molecule has 1 aliphatic carbocycles. The Kier molecular flexibility index (Phi) is 5.12. The average Bonchev–Trinajstić information content (AvgIpc) is 2.19. The fourth-order valence-corrected chi connectivity index (χ4v) is 2.24. The van der Waals surface area contributed by atoms with E-state index in [0.717, 1.165) is 12.7 Å². The molecule has 0 aromatic rings. The van der Waals surface area contributed by atoms with Gasteiger partial charge in [0.1, 0.15) is 6.29 Å². The van der Waals surface area contributed by atoms with Crippen molar-refractivity contribution in [1.29, 1.82) is 0 Å². The van der Waals surface area contributed by atoms with Gasteiger partial charge in [-0.25, -0.2) is 0 Å². The number of aliphatic hydroxyl groups is 1. The zero-order chi connectivity index (χ0) is 10.4. The van der Waals surface area contributed by atoms with Crippen LogP contribution in [0.5, 0.6) is 0 Å². The summed E-state index contributed by atoms with van der Waals surface area (Å²) in [6.45, 7) is 0. The third kappa shape index (κ3) is 3.76. The van der Waals surface area contributed by atoms with Gasteiger partial charge in [0, 0.05) is 12.5 Å². The molecule has 0 heterocycles. The lowest BCUT2D eigenvalue weighted by Crippen LogP contribution is -2.37. The van der Waals surface area contributed by atoms with E-state index in [0.29, 0.717) is 5.92 Å². The summed E-state index contributed by atoms with van der Waals surface area (Å²) in [6.07, 6.45) is 7.54. The molecule has 0 radical (unpaired) electrons. The van der Waals surface area contributed by atoms with Crippen molar-refractivity contribution in [2.24, 2.45) is 11.7 Å². The van der Waals surface area contributed by atoms with Gasteiger partial charge in [0.05, 0.1) is 6.10 Å². The predicted octanol–water partition coefficient (Wildman–Crippen LogP) is 1.23. The minimum absolute atomic E-state index is 0.174. The maximum atomic E-state index is 10.2. The number of aliphatic hydroxyl groups excluding tert-OH is 1. The van der Waals surface area contributed by atoms with Crippen LogP contribution in [0.4, 0.5) is 0 Å². The summed E-state index contributed by atoms with van der Waals surface area (Å²) >= 11 is 0. The van der Waals surface area contributed by atoms with Crippen LogP contribution in [0.15, 0.2) is 0 Å². The van der Waals surface area contributed by atoms with Gasteiger partial charge in [0.15, 0.2) is 0 Å². The van der Waals surface area contributed by atoms with E-state index in [4.69, 9.17) is 5.73 Å². The van der Waals surface area contributed by atoms with E-state index in [2.05, 4.69) is 0 Å². The molecule has 3 N–H and O–H groups in total. The normalized spacial score (nSPS) is 23.0. The molecule has 1 fully saturated rings. The molecule has 0 saturated heterocycles. The Morgan fingerprint density at radius 3 is 2.57 bits per heavy atom. The zero-order valence-corrected chi connectivity index (χ0v) is 8.69. The number of carbonyl (C=O) groups excluding carboxylic acids is 1. The van der Waals surface area contributed by atoms with E-state index in [1.165, 1.54) is 32.1 Å². The van der Waals surface area contributed by atoms with Crippen molar-refractivity contribution in [2.75, 3.05) is 0 Å². The fraction of sp³-hybridized carbons (Fsp3) is 0.909. The Bertz CT molecular complexity index is 167. The molecule has 0 aromatic carbocycles. The molecule has 0 bridgehead atoms. The van der Waals surface area contributed by atoms with Crippen molar-refractivity contribution in [2.45, 2.75) is 57.1 Å². The van der Waals surface area contributed by atoms with E-state index in [1.54, 1.807) is 0 Å². The molecule has 3 heteroatoms. The van der Waals surface area contributed by atoms with Gasteiger partial charge in [-0.3, -0.25) is 0 Å². The highest BCUT2D eigenvalue weighted by Gasteiger charge is 2.21. The van der Waals surface area contributed by atoms with Crippen LogP contribution < -0.4 is 5.73 Å². The third-order valence-electron chi connectivity index (χ3n) is 3.16. The van der Waals surface area contributed by atoms with Crippen molar-refractivity contribution < 1.29 is 9.90 Å². The Morgan fingerprint density at radius 2 is 2.00 bits per heavy atom. The lowest BCUT2D eigenvalue weighted by Gasteiger charge is -2.26. The van der Waals surface area contributed by atoms with E-state index in [-0.39, 0.29) is 12.5 Å². The predicted molar refractivity (Wildman–Crippen MR) is 55.9 cm³/mol. The Balaban J connectivity index is 2.23. The number of hydrogen-bond donors (Lipinski definition) is 2. The van der Waals surface area contributed by atoms with Crippen LogP contribution in [-0.4, -0.2) is 23.5 Å². The van der Waals surface area contributed by atoms with Crippen molar-refractivity contribution in [1.82, 2.24) is 0 Å². The Labute approximate surface area is 85.7 Å². The van der Waals surface area contributed by atoms with Crippen LogP contribution in [0, 0.1) is 5.92 Å². The minimum atomic E-state index is -0.644. The highest BCUT2D eigenvalue weighted by atomic mass is 16.3. The summed E-state index contributed by atoms with van der Waals surface area (Å²) in [5, 5.41) is 9.49. The van der Waals surface area contributed by atoms with Crippen LogP contribution in [0.1, 0.15) is 44.9 Å². The summed E-state index contributed by atoms with van der Waals surface area (Å²) in [4.78, 5) is 10.2. The van der Waals surface area contributed by atoms with Crippen LogP contribution in [-0.2, 0) is 4.79 Å². The quantitative estimate of drug-likeness (QED) is 0.655. The minimum Gasteiger partial charge on any atom is -0.391 e. The van der Waals surface area contributed by atoms with Crippen LogP contribution in [0.2, 0.25) is 0 Å². The van der Waals surface area contributed by atoms with Crippen LogP contribution in [0.3, 0.4) is 0 Å². The number of carbonyl (C=O) groups is 1. The number of hydrogen-bond acceptors (Lipinski definition) is 3. The molecule has 0 aromatic heterocycles. The molecular formula is C11H21NO2. The van der Waals surface area contributed by atoms with E-state index in [1.807, 2.05) is 0 Å². The maximum absolute atomic E-state index is 10.2. The van der Waals surface area contributed by atoms with Gasteiger partial charge >= 0.3 is 0 Å². The molecule has 3 nitrogen and oxygen atoms in total. The van der Waals surface area contributed by atoms with Gasteiger partial charge < -0.3 is 15.6 Å². The largest absolute Gasteiger partial charge is 0.391 e. The summed E-state index contributed by atoms with van der Waals surface area (Å²) in [5.41, 5.74) is 5.83. The second-order valence-corrected chi connectivity index (χ2v) is 4.37. The molecule has 1 aliphatic rings. The highest BCUT2D eigenvalue weighted by molar-refractivity contribution is 5.50. The second kappa shape index (κ2) is 6.14. The summed E-state index contributed by atoms with van der Waals surface area (Å²) in [5.74, 6) is 0.667. The molecule has 14 heavy (non-hydrogen) atoms. The first-order chi connectivity index (χ1) is 6.74. The first-order valence-electron chi connectivity index (χ1n) is 5.61. The van der Waals surface area contributed by atoms with Crippen molar-refractivity contribution in [3.63, 3.8) is 0 Å². The lowest BCUT2D eigenvalue weighted by atomic mass is 9.84. The van der Waals surface area contributed by atoms with E-state index in [9.17, 15) is 9.90 Å². The standard InChI is InChI=1S/C11H21NO2/c12-10(11(14)6-7-13)8-9-4-2-1-3-5-9/h7,9-11,14H,1-6,8,12H2. The molecule has 0 amide bonds. The summed E-state index contributed by atoms with van der Waals surface area (Å²) < 4.78 is 0. The van der Waals surface area contributed by atoms with E-state index >= 15 is 0 Å². The molecule has 82 valence electrons. The second-order valence-electron chi connectivity index (χ2n) is 4.37. The van der Waals surface area contributed by atoms with Crippen LogP contribution >= 0.6 is 0 Å². The molecule has 0 spiro atoms. The first-order valence-corrected chi connectivity index (χ1v) is 5.61. The van der Waals surface area contributed by atoms with Gasteiger partial charge in [-0.15, -0.1) is 0 Å². The molecule has 1 rings (SSSR count). The lowest BCUT2D eigenvalue weighted by molar-refractivity contribution is -0.109. The topological polar surface area (TPSA) is 63.3 Å². The highest BCUT2D eigenvalue weighted by Crippen LogP contribution is 2.27. The number of aldehydes is 1. The maximum Gasteiger partial charge on any atom is 0.122 e. The third-order valence-corrected chi connectivity index (χ3v) is 3.16. The molecule has 1 saturated carbocycles. The zero-order valence-electron chi connectivity index (χ0n) is 8.69. The Hall–Kier alpha value is -0.410.